The maximum Gasteiger partial charge on any atom is 0.333 e. The number of amides is 1. The van der Waals surface area contributed by atoms with Gasteiger partial charge < -0.3 is 15.2 Å². The van der Waals surface area contributed by atoms with Gasteiger partial charge in [-0.15, -0.1) is 22.7 Å². The molecule has 0 spiro atoms. The van der Waals surface area contributed by atoms with Crippen LogP contribution in [0.25, 0.3) is 21.0 Å². The second-order valence-corrected chi connectivity index (χ2v) is 11.6. The number of thiazole rings is 1. The summed E-state index contributed by atoms with van der Waals surface area (Å²) < 4.78 is 5.62. The zero-order valence-corrected chi connectivity index (χ0v) is 23.8. The largest absolute Gasteiger partial charge is 0.479 e. The third kappa shape index (κ3) is 6.75. The molecule has 4 rings (SSSR count). The Morgan fingerprint density at radius 3 is 2.39 bits per heavy atom. The number of hydrogen-bond acceptors (Lipinski definition) is 6. The highest BCUT2D eigenvalue weighted by Gasteiger charge is 2.22. The third-order valence-corrected chi connectivity index (χ3v) is 8.33. The predicted octanol–water partition coefficient (Wildman–Crippen LogP) is 6.81. The minimum absolute atomic E-state index is 0.177. The van der Waals surface area contributed by atoms with Gasteiger partial charge in [0.15, 0.2) is 6.10 Å². The Labute approximate surface area is 231 Å². The molecule has 2 heterocycles. The topological polar surface area (TPSA) is 88.5 Å². The fourth-order valence-electron chi connectivity index (χ4n) is 4.15. The Balaban J connectivity index is 1.58. The van der Waals surface area contributed by atoms with Gasteiger partial charge in [-0.3, -0.25) is 4.79 Å². The van der Waals surface area contributed by atoms with E-state index in [1.54, 1.807) is 11.3 Å². The van der Waals surface area contributed by atoms with Gasteiger partial charge in [0.25, 0.3) is 5.91 Å². The summed E-state index contributed by atoms with van der Waals surface area (Å²) >= 11 is 3.03. The smallest absolute Gasteiger partial charge is 0.333 e. The molecule has 198 valence electrons. The molecule has 2 N–H and O–H groups in total. The van der Waals surface area contributed by atoms with E-state index in [0.29, 0.717) is 17.1 Å². The molecule has 1 unspecified atom stereocenters. The third-order valence-electron chi connectivity index (χ3n) is 6.04. The lowest BCUT2D eigenvalue weighted by Crippen LogP contribution is -2.29. The van der Waals surface area contributed by atoms with Gasteiger partial charge in [-0.1, -0.05) is 48.0 Å². The van der Waals surface area contributed by atoms with E-state index in [2.05, 4.69) is 28.7 Å². The molecule has 2 aromatic heterocycles. The Kier molecular flexibility index (Phi) is 8.76. The van der Waals surface area contributed by atoms with Crippen molar-refractivity contribution in [2.24, 2.45) is 0 Å². The van der Waals surface area contributed by atoms with Crippen LogP contribution < -0.4 is 5.32 Å². The van der Waals surface area contributed by atoms with Crippen molar-refractivity contribution in [2.45, 2.75) is 59.8 Å². The van der Waals surface area contributed by atoms with Gasteiger partial charge in [0.2, 0.25) is 0 Å². The molecule has 0 bridgehead atoms. The summed E-state index contributed by atoms with van der Waals surface area (Å²) in [4.78, 5) is 31.3. The molecule has 4 aromatic rings. The quantitative estimate of drug-likeness (QED) is 0.227. The molecule has 1 amide bonds. The fraction of sp³-hybridized carbons (Fsp3) is 0.300. The predicted molar refractivity (Wildman–Crippen MR) is 154 cm³/mol. The van der Waals surface area contributed by atoms with Crippen LogP contribution in [0.3, 0.4) is 0 Å². The average molecular weight is 549 g/mol. The summed E-state index contributed by atoms with van der Waals surface area (Å²) in [5, 5.41) is 15.6. The van der Waals surface area contributed by atoms with Gasteiger partial charge in [0.1, 0.15) is 9.88 Å². The number of nitrogens with zero attached hydrogens (tertiary/aromatic N) is 1. The first kappa shape index (κ1) is 27.7. The highest BCUT2D eigenvalue weighted by atomic mass is 32.1. The number of carbonyl (C=O) groups excluding carboxylic acids is 1. The first-order valence-corrected chi connectivity index (χ1v) is 14.2. The number of aryl methyl sites for hydroxylation is 3. The van der Waals surface area contributed by atoms with Gasteiger partial charge in [-0.2, -0.15) is 0 Å². The van der Waals surface area contributed by atoms with Crippen LogP contribution in [-0.4, -0.2) is 34.2 Å². The molecule has 0 aliphatic heterocycles. The van der Waals surface area contributed by atoms with Crippen molar-refractivity contribution < 1.29 is 19.4 Å². The molecule has 1 atom stereocenters. The van der Waals surface area contributed by atoms with E-state index in [0.717, 1.165) is 32.1 Å². The minimum Gasteiger partial charge on any atom is -0.479 e. The summed E-state index contributed by atoms with van der Waals surface area (Å²) in [5.74, 6) is -1.17. The molecule has 8 heteroatoms. The molecular formula is C30H32N2O4S2. The molecule has 0 aliphatic rings. The monoisotopic (exact) mass is 548 g/mol. The van der Waals surface area contributed by atoms with Gasteiger partial charge in [0.05, 0.1) is 11.8 Å². The number of aromatic nitrogens is 1. The maximum atomic E-state index is 13.2. The number of ether oxygens (including phenoxy) is 1. The van der Waals surface area contributed by atoms with Gasteiger partial charge in [0, 0.05) is 23.4 Å². The van der Waals surface area contributed by atoms with Crippen molar-refractivity contribution in [1.29, 1.82) is 0 Å². The van der Waals surface area contributed by atoms with E-state index in [-0.39, 0.29) is 18.4 Å². The number of benzene rings is 2. The molecule has 0 fully saturated rings. The number of aliphatic carboxylic acids is 1. The van der Waals surface area contributed by atoms with Gasteiger partial charge >= 0.3 is 5.97 Å². The number of nitrogens with one attached hydrogen (secondary N) is 1. The van der Waals surface area contributed by atoms with Gasteiger partial charge in [-0.05, 0) is 68.3 Å². The van der Waals surface area contributed by atoms with Crippen LogP contribution in [0.5, 0.6) is 0 Å². The lowest BCUT2D eigenvalue weighted by atomic mass is 9.98. The van der Waals surface area contributed by atoms with E-state index in [4.69, 9.17) is 4.74 Å². The molecular weight excluding hydrogens is 516 g/mol. The lowest BCUT2D eigenvalue weighted by molar-refractivity contribution is -0.153. The van der Waals surface area contributed by atoms with E-state index < -0.39 is 12.1 Å². The van der Waals surface area contributed by atoms with Crippen molar-refractivity contribution in [3.8, 4) is 21.0 Å². The molecule has 0 saturated carbocycles. The molecule has 2 aromatic carbocycles. The average Bonchev–Trinajstić information content (AvgIpc) is 3.48. The number of thiophene rings is 1. The van der Waals surface area contributed by atoms with Crippen LogP contribution in [-0.2, 0) is 22.5 Å². The standard InChI is InChI=1S/C30H32N2O4S2/c1-17(2)36-25(30(34)35)14-21-8-11-24(26-12-19(4)16-37-26)23(13-21)15-31-28(33)27-20(5)32-29(38-27)22-9-6-18(3)7-10-22/h6-13,16-17,25H,14-15H2,1-5H3,(H,31,33)(H,34,35). The second-order valence-electron chi connectivity index (χ2n) is 9.68. The van der Waals surface area contributed by atoms with Crippen molar-refractivity contribution in [1.82, 2.24) is 10.3 Å². The summed E-state index contributed by atoms with van der Waals surface area (Å²) in [6, 6.07) is 16.1. The molecule has 6 nitrogen and oxygen atoms in total. The Morgan fingerprint density at radius 1 is 1.03 bits per heavy atom. The van der Waals surface area contributed by atoms with Crippen molar-refractivity contribution in [2.75, 3.05) is 0 Å². The second kappa shape index (κ2) is 12.0. The van der Waals surface area contributed by atoms with E-state index in [9.17, 15) is 14.7 Å². The molecule has 0 radical (unpaired) electrons. The zero-order chi connectivity index (χ0) is 27.4. The van der Waals surface area contributed by atoms with Crippen molar-refractivity contribution >= 4 is 34.6 Å². The normalized spacial score (nSPS) is 12.1. The molecule has 38 heavy (non-hydrogen) atoms. The van der Waals surface area contributed by atoms with Crippen LogP contribution in [0, 0.1) is 20.8 Å². The lowest BCUT2D eigenvalue weighted by Gasteiger charge is -2.18. The van der Waals surface area contributed by atoms with Crippen LogP contribution in [0.1, 0.15) is 51.5 Å². The fourth-order valence-corrected chi connectivity index (χ4v) is 6.10. The Hall–Kier alpha value is -3.33. The molecule has 0 aliphatic carbocycles. The number of carboxylic acid groups (broad SMARTS) is 1. The maximum absolute atomic E-state index is 13.2. The van der Waals surface area contributed by atoms with E-state index in [1.165, 1.54) is 22.5 Å². The number of hydrogen-bond donors (Lipinski definition) is 2. The highest BCUT2D eigenvalue weighted by Crippen LogP contribution is 2.32. The van der Waals surface area contributed by atoms with Crippen LogP contribution in [0.4, 0.5) is 0 Å². The number of rotatable bonds is 10. The summed E-state index contributed by atoms with van der Waals surface area (Å²) in [7, 11) is 0. The minimum atomic E-state index is -0.989. The first-order chi connectivity index (χ1) is 18.1. The van der Waals surface area contributed by atoms with E-state index in [1.807, 2.05) is 70.2 Å². The summed E-state index contributed by atoms with van der Waals surface area (Å²) in [5.41, 5.74) is 6.81. The van der Waals surface area contributed by atoms with E-state index >= 15 is 0 Å². The highest BCUT2D eigenvalue weighted by molar-refractivity contribution is 7.17. The van der Waals surface area contributed by atoms with Crippen molar-refractivity contribution in [3.05, 3.63) is 86.7 Å². The number of carbonyl (C=O) groups is 2. The van der Waals surface area contributed by atoms with Gasteiger partial charge in [-0.25, -0.2) is 9.78 Å². The Morgan fingerprint density at radius 2 is 1.76 bits per heavy atom. The van der Waals surface area contributed by atoms with Crippen LogP contribution in [0.15, 0.2) is 53.9 Å². The SMILES string of the molecule is Cc1ccc(-c2nc(C)c(C(=O)NCc3cc(CC(OC(C)C)C(=O)O)ccc3-c3cc(C)cs3)s2)cc1. The summed E-state index contributed by atoms with van der Waals surface area (Å²) in [6.07, 6.45) is -0.894. The van der Waals surface area contributed by atoms with Crippen molar-refractivity contribution in [3.63, 3.8) is 0 Å². The molecule has 0 saturated heterocycles. The summed E-state index contributed by atoms with van der Waals surface area (Å²) in [6.45, 7) is 9.89. The van der Waals surface area contributed by atoms with Crippen LogP contribution in [0.2, 0.25) is 0 Å². The Bertz CT molecular complexity index is 1440. The first-order valence-electron chi connectivity index (χ1n) is 12.5. The van der Waals surface area contributed by atoms with Crippen LogP contribution >= 0.6 is 22.7 Å². The number of carboxylic acids is 1. The zero-order valence-electron chi connectivity index (χ0n) is 22.2.